The van der Waals surface area contributed by atoms with Crippen molar-refractivity contribution in [1.29, 1.82) is 0 Å². The van der Waals surface area contributed by atoms with E-state index in [2.05, 4.69) is 48.0 Å². The Balaban J connectivity index is 1.81. The smallest absolute Gasteiger partial charge is 0.213 e. The van der Waals surface area contributed by atoms with Crippen LogP contribution in [0.25, 0.3) is 5.57 Å². The number of allylic oxidation sites excluding steroid dienone is 2. The molecular formula is C18H18N+. The highest BCUT2D eigenvalue weighted by molar-refractivity contribution is 6.11. The SMILES string of the molecule is C[N+]1=C2C=CC3=C([C@H]21)C1(CCCC1)c1ccccc13. The zero-order valence-electron chi connectivity index (χ0n) is 11.3. The van der Waals surface area contributed by atoms with Crippen molar-refractivity contribution in [1.82, 2.24) is 0 Å². The first-order chi connectivity index (χ1) is 9.33. The second-order valence-electron chi connectivity index (χ2n) is 6.43. The Bertz CT molecular complexity index is 696. The number of nitrogens with zero attached hydrogens (tertiary/aromatic N) is 1. The van der Waals surface area contributed by atoms with Crippen molar-refractivity contribution in [2.75, 3.05) is 7.05 Å². The van der Waals surface area contributed by atoms with Crippen LogP contribution in [0.15, 0.2) is 42.0 Å². The highest BCUT2D eigenvalue weighted by atomic mass is 15.2. The van der Waals surface area contributed by atoms with Gasteiger partial charge in [0.2, 0.25) is 5.71 Å². The summed E-state index contributed by atoms with van der Waals surface area (Å²) in [5.74, 6) is 0. The van der Waals surface area contributed by atoms with E-state index in [0.29, 0.717) is 11.5 Å². The summed E-state index contributed by atoms with van der Waals surface area (Å²) in [4.78, 5) is 0. The third kappa shape index (κ3) is 1.03. The van der Waals surface area contributed by atoms with Gasteiger partial charge in [-0.1, -0.05) is 37.1 Å². The predicted molar refractivity (Wildman–Crippen MR) is 77.6 cm³/mol. The molecule has 1 fully saturated rings. The molecule has 1 aromatic rings. The van der Waals surface area contributed by atoms with Crippen LogP contribution in [0, 0.1) is 0 Å². The molecule has 0 aromatic heterocycles. The van der Waals surface area contributed by atoms with Crippen LogP contribution in [0.4, 0.5) is 0 Å². The van der Waals surface area contributed by atoms with Crippen molar-refractivity contribution >= 4 is 11.3 Å². The standard InChI is InChI=1S/C18H18N/c1-19-15-9-8-13-12-6-2-3-7-14(12)18(10-4-5-11-18)16(13)17(15)19/h2-3,6-9,17H,4-5,10-11H2,1H3/q+1/t17-/m0/s1. The molecule has 3 aliphatic carbocycles. The first-order valence-electron chi connectivity index (χ1n) is 7.45. The number of rotatable bonds is 0. The number of benzene rings is 1. The van der Waals surface area contributed by atoms with Crippen molar-refractivity contribution in [3.8, 4) is 0 Å². The van der Waals surface area contributed by atoms with E-state index >= 15 is 0 Å². The average Bonchev–Trinajstić information content (AvgIpc) is 2.86. The van der Waals surface area contributed by atoms with Crippen LogP contribution in [0.3, 0.4) is 0 Å². The number of hydrogen-bond acceptors (Lipinski definition) is 0. The van der Waals surface area contributed by atoms with Crippen molar-refractivity contribution < 1.29 is 4.58 Å². The molecule has 0 unspecified atom stereocenters. The summed E-state index contributed by atoms with van der Waals surface area (Å²) >= 11 is 0. The van der Waals surface area contributed by atoms with Crippen molar-refractivity contribution in [2.24, 2.45) is 0 Å². The summed E-state index contributed by atoms with van der Waals surface area (Å²) in [7, 11) is 2.24. The van der Waals surface area contributed by atoms with Gasteiger partial charge in [-0.2, -0.15) is 0 Å². The molecule has 1 atom stereocenters. The normalized spacial score (nSPS) is 28.8. The van der Waals surface area contributed by atoms with Crippen LogP contribution in [0.1, 0.15) is 36.8 Å². The van der Waals surface area contributed by atoms with Gasteiger partial charge in [0.1, 0.15) is 7.05 Å². The number of likely N-dealkylation sites (N-methyl/N-ethyl adjacent to an activating group) is 1. The Hall–Kier alpha value is -1.63. The molecule has 19 heavy (non-hydrogen) atoms. The minimum Gasteiger partial charge on any atom is -0.213 e. The molecule has 1 heteroatoms. The zero-order chi connectivity index (χ0) is 12.6. The number of fused-ring (bicyclic) bond motifs is 6. The van der Waals surface area contributed by atoms with Gasteiger partial charge >= 0.3 is 0 Å². The van der Waals surface area contributed by atoms with E-state index in [1.54, 1.807) is 11.1 Å². The third-order valence-corrected chi connectivity index (χ3v) is 5.70. The molecule has 1 aliphatic heterocycles. The molecule has 1 saturated carbocycles. The summed E-state index contributed by atoms with van der Waals surface area (Å²) in [5, 5.41) is 0. The molecule has 1 spiro atoms. The lowest BCUT2D eigenvalue weighted by molar-refractivity contribution is -0.429. The molecular weight excluding hydrogens is 230 g/mol. The monoisotopic (exact) mass is 248 g/mol. The molecule has 0 amide bonds. The zero-order valence-corrected chi connectivity index (χ0v) is 11.3. The highest BCUT2D eigenvalue weighted by Crippen LogP contribution is 2.59. The van der Waals surface area contributed by atoms with Gasteiger partial charge in [0.25, 0.3) is 6.04 Å². The van der Waals surface area contributed by atoms with E-state index < -0.39 is 0 Å². The van der Waals surface area contributed by atoms with Gasteiger partial charge in [-0.05, 0) is 35.6 Å². The maximum absolute atomic E-state index is 2.45. The van der Waals surface area contributed by atoms with Gasteiger partial charge in [-0.3, -0.25) is 0 Å². The van der Waals surface area contributed by atoms with E-state index in [0.717, 1.165) is 0 Å². The van der Waals surface area contributed by atoms with E-state index in [1.165, 1.54) is 42.5 Å². The van der Waals surface area contributed by atoms with Crippen LogP contribution in [0.5, 0.6) is 0 Å². The van der Waals surface area contributed by atoms with Crippen LogP contribution in [-0.4, -0.2) is 23.4 Å². The van der Waals surface area contributed by atoms with E-state index in [9.17, 15) is 0 Å². The minimum atomic E-state index is 0.372. The predicted octanol–water partition coefficient (Wildman–Crippen LogP) is 3.30. The van der Waals surface area contributed by atoms with Gasteiger partial charge in [0.15, 0.2) is 0 Å². The molecule has 1 heterocycles. The summed E-state index contributed by atoms with van der Waals surface area (Å²) in [6, 6.07) is 9.75. The first kappa shape index (κ1) is 10.2. The summed E-state index contributed by atoms with van der Waals surface area (Å²) in [5.41, 5.74) is 8.29. The summed E-state index contributed by atoms with van der Waals surface area (Å²) in [6.07, 6.45) is 10.2. The molecule has 1 aromatic carbocycles. The second-order valence-corrected chi connectivity index (χ2v) is 6.43. The Morgan fingerprint density at radius 1 is 1.11 bits per heavy atom. The maximum atomic E-state index is 2.45. The van der Waals surface area contributed by atoms with Gasteiger partial charge in [-0.25, -0.2) is 4.58 Å². The Kier molecular flexibility index (Phi) is 1.66. The Labute approximate surface area is 114 Å². The fourth-order valence-corrected chi connectivity index (χ4v) is 4.82. The third-order valence-electron chi connectivity index (χ3n) is 5.70. The van der Waals surface area contributed by atoms with Crippen molar-refractivity contribution in [3.63, 3.8) is 0 Å². The topological polar surface area (TPSA) is 3.01 Å². The maximum Gasteiger partial charge on any atom is 0.259 e. The first-order valence-corrected chi connectivity index (χ1v) is 7.45. The molecule has 94 valence electrons. The highest BCUT2D eigenvalue weighted by Gasteiger charge is 2.60. The molecule has 4 aliphatic rings. The molecule has 0 saturated heterocycles. The van der Waals surface area contributed by atoms with Gasteiger partial charge < -0.3 is 0 Å². The van der Waals surface area contributed by atoms with Gasteiger partial charge in [0, 0.05) is 17.1 Å². The fourth-order valence-electron chi connectivity index (χ4n) is 4.82. The summed E-state index contributed by atoms with van der Waals surface area (Å²) < 4.78 is 2.45. The Morgan fingerprint density at radius 2 is 1.89 bits per heavy atom. The molecule has 0 bridgehead atoms. The lowest BCUT2D eigenvalue weighted by Crippen LogP contribution is -2.28. The van der Waals surface area contributed by atoms with E-state index in [-0.39, 0.29) is 0 Å². The van der Waals surface area contributed by atoms with Gasteiger partial charge in [-0.15, -0.1) is 0 Å². The van der Waals surface area contributed by atoms with E-state index in [4.69, 9.17) is 0 Å². The van der Waals surface area contributed by atoms with Crippen LogP contribution < -0.4 is 0 Å². The molecule has 5 rings (SSSR count). The van der Waals surface area contributed by atoms with Crippen LogP contribution >= 0.6 is 0 Å². The van der Waals surface area contributed by atoms with Crippen molar-refractivity contribution in [3.05, 3.63) is 53.1 Å². The quantitative estimate of drug-likeness (QED) is 0.620. The minimum absolute atomic E-state index is 0.372. The average molecular weight is 248 g/mol. The van der Waals surface area contributed by atoms with Crippen molar-refractivity contribution in [2.45, 2.75) is 37.1 Å². The molecule has 0 N–H and O–H groups in total. The lowest BCUT2D eigenvalue weighted by Gasteiger charge is -2.27. The lowest BCUT2D eigenvalue weighted by atomic mass is 9.73. The number of hydrogen-bond donors (Lipinski definition) is 0. The summed E-state index contributed by atoms with van der Waals surface area (Å²) in [6.45, 7) is 0. The Morgan fingerprint density at radius 3 is 2.74 bits per heavy atom. The fraction of sp³-hybridized carbons (Fsp3) is 0.389. The van der Waals surface area contributed by atoms with Gasteiger partial charge in [0.05, 0.1) is 0 Å². The molecule has 0 radical (unpaired) electrons. The second kappa shape index (κ2) is 3.09. The van der Waals surface area contributed by atoms with Crippen LogP contribution in [0.2, 0.25) is 0 Å². The molecule has 1 nitrogen and oxygen atoms in total. The van der Waals surface area contributed by atoms with Crippen LogP contribution in [-0.2, 0) is 5.41 Å². The largest absolute Gasteiger partial charge is 0.259 e. The van der Waals surface area contributed by atoms with E-state index in [1.807, 2.05) is 0 Å².